The predicted octanol–water partition coefficient (Wildman–Crippen LogP) is 2.67. The van der Waals surface area contributed by atoms with Crippen molar-refractivity contribution in [3.05, 3.63) is 22.4 Å². The summed E-state index contributed by atoms with van der Waals surface area (Å²) < 4.78 is 0. The van der Waals surface area contributed by atoms with Crippen molar-refractivity contribution >= 4 is 23.3 Å². The zero-order valence-corrected chi connectivity index (χ0v) is 13.3. The maximum atomic E-state index is 12.3. The molecule has 1 aliphatic rings. The van der Waals surface area contributed by atoms with Crippen molar-refractivity contribution in [2.45, 2.75) is 44.6 Å². The summed E-state index contributed by atoms with van der Waals surface area (Å²) >= 11 is 1.66. The maximum absolute atomic E-state index is 12.3. The second-order valence-corrected chi connectivity index (χ2v) is 7.01. The molecule has 0 spiro atoms. The third-order valence-electron chi connectivity index (χ3n) is 3.92. The number of thiophene rings is 1. The molecule has 6 heteroatoms. The molecule has 2 amide bonds. The topological polar surface area (TPSA) is 69.6 Å². The molecular weight excluding hydrogens is 288 g/mol. The van der Waals surface area contributed by atoms with Gasteiger partial charge in [-0.2, -0.15) is 0 Å². The van der Waals surface area contributed by atoms with E-state index in [0.29, 0.717) is 19.5 Å². The number of carbonyl (C=O) groups is 2. The van der Waals surface area contributed by atoms with E-state index in [2.05, 4.69) is 25.2 Å². The Balaban J connectivity index is 1.96. The molecule has 0 aliphatic carbocycles. The van der Waals surface area contributed by atoms with E-state index in [9.17, 15) is 14.7 Å². The van der Waals surface area contributed by atoms with Crippen molar-refractivity contribution in [2.75, 3.05) is 13.1 Å². The number of hydrogen-bond donors (Lipinski definition) is 2. The van der Waals surface area contributed by atoms with Gasteiger partial charge >= 0.3 is 12.0 Å². The van der Waals surface area contributed by atoms with Gasteiger partial charge in [0.15, 0.2) is 0 Å². The molecule has 21 heavy (non-hydrogen) atoms. The zero-order chi connectivity index (χ0) is 15.5. The minimum Gasteiger partial charge on any atom is -0.480 e. The number of hydrogen-bond acceptors (Lipinski definition) is 3. The van der Waals surface area contributed by atoms with Gasteiger partial charge in [0, 0.05) is 23.4 Å². The van der Waals surface area contributed by atoms with Gasteiger partial charge in [0.1, 0.15) is 6.04 Å². The van der Waals surface area contributed by atoms with Crippen LogP contribution in [0.25, 0.3) is 0 Å². The van der Waals surface area contributed by atoms with Crippen molar-refractivity contribution in [3.63, 3.8) is 0 Å². The first-order valence-electron chi connectivity index (χ1n) is 7.23. The van der Waals surface area contributed by atoms with Crippen molar-refractivity contribution < 1.29 is 14.7 Å². The Kier molecular flexibility index (Phi) is 4.88. The van der Waals surface area contributed by atoms with Gasteiger partial charge in [0.2, 0.25) is 0 Å². The highest BCUT2D eigenvalue weighted by molar-refractivity contribution is 7.10. The van der Waals surface area contributed by atoms with Crippen LogP contribution in [-0.4, -0.2) is 41.1 Å². The molecule has 0 aromatic carbocycles. The first-order chi connectivity index (χ1) is 9.92. The van der Waals surface area contributed by atoms with E-state index < -0.39 is 12.0 Å². The summed E-state index contributed by atoms with van der Waals surface area (Å²) in [5.74, 6) is -0.914. The van der Waals surface area contributed by atoms with Crippen molar-refractivity contribution in [3.8, 4) is 0 Å². The average molecular weight is 310 g/mol. The largest absolute Gasteiger partial charge is 0.480 e. The molecule has 1 aromatic rings. The molecule has 0 saturated carbocycles. The summed E-state index contributed by atoms with van der Waals surface area (Å²) in [6.45, 7) is 5.16. The van der Waals surface area contributed by atoms with Crippen LogP contribution in [0.5, 0.6) is 0 Å². The lowest BCUT2D eigenvalue weighted by atomic mass is 9.91. The second kappa shape index (κ2) is 6.47. The summed E-state index contributed by atoms with van der Waals surface area (Å²) in [7, 11) is 0. The van der Waals surface area contributed by atoms with Crippen LogP contribution in [-0.2, 0) is 10.2 Å². The Bertz CT molecular complexity index is 499. The smallest absolute Gasteiger partial charge is 0.326 e. The lowest BCUT2D eigenvalue weighted by molar-refractivity contribution is -0.143. The van der Waals surface area contributed by atoms with Crippen LogP contribution in [0.1, 0.15) is 38.0 Å². The molecule has 1 aromatic heterocycles. The Morgan fingerprint density at radius 2 is 2.24 bits per heavy atom. The van der Waals surface area contributed by atoms with Gasteiger partial charge in [0.25, 0.3) is 0 Å². The van der Waals surface area contributed by atoms with Crippen LogP contribution in [0.3, 0.4) is 0 Å². The number of piperidine rings is 1. The number of amides is 2. The molecule has 5 nitrogen and oxygen atoms in total. The summed E-state index contributed by atoms with van der Waals surface area (Å²) in [5.41, 5.74) is -0.154. The zero-order valence-electron chi connectivity index (χ0n) is 12.5. The lowest BCUT2D eigenvalue weighted by Crippen LogP contribution is -2.53. The quantitative estimate of drug-likeness (QED) is 0.898. The van der Waals surface area contributed by atoms with Gasteiger partial charge in [-0.1, -0.05) is 19.9 Å². The number of carboxylic acids is 1. The van der Waals surface area contributed by atoms with E-state index in [-0.39, 0.29) is 11.4 Å². The van der Waals surface area contributed by atoms with E-state index in [4.69, 9.17) is 0 Å². The SMILES string of the molecule is CC(C)(CNC(=O)N1CCCCC1C(=O)O)c1cccs1. The number of rotatable bonds is 4. The highest BCUT2D eigenvalue weighted by Gasteiger charge is 2.32. The number of aliphatic carboxylic acids is 1. The number of carboxylic acid groups (broad SMARTS) is 1. The minimum absolute atomic E-state index is 0.154. The number of nitrogens with zero attached hydrogens (tertiary/aromatic N) is 1. The first kappa shape index (κ1) is 15.8. The van der Waals surface area contributed by atoms with Crippen molar-refractivity contribution in [2.24, 2.45) is 0 Å². The Labute approximate surface area is 129 Å². The first-order valence-corrected chi connectivity index (χ1v) is 8.11. The molecular formula is C15H22N2O3S. The molecule has 1 unspecified atom stereocenters. The lowest BCUT2D eigenvalue weighted by Gasteiger charge is -2.34. The monoisotopic (exact) mass is 310 g/mol. The van der Waals surface area contributed by atoms with E-state index in [1.165, 1.54) is 9.78 Å². The highest BCUT2D eigenvalue weighted by atomic mass is 32.1. The molecule has 116 valence electrons. The molecule has 2 N–H and O–H groups in total. The van der Waals surface area contributed by atoms with Crippen LogP contribution in [0.2, 0.25) is 0 Å². The number of nitrogens with one attached hydrogen (secondary N) is 1. The molecule has 1 saturated heterocycles. The van der Waals surface area contributed by atoms with Gasteiger partial charge < -0.3 is 15.3 Å². The van der Waals surface area contributed by atoms with Crippen LogP contribution in [0, 0.1) is 0 Å². The summed E-state index contributed by atoms with van der Waals surface area (Å²) in [6.07, 6.45) is 2.27. The van der Waals surface area contributed by atoms with Gasteiger partial charge in [-0.05, 0) is 30.7 Å². The van der Waals surface area contributed by atoms with Crippen molar-refractivity contribution in [1.29, 1.82) is 0 Å². The van der Waals surface area contributed by atoms with Gasteiger partial charge in [0.05, 0.1) is 0 Å². The van der Waals surface area contributed by atoms with Gasteiger partial charge in [-0.3, -0.25) is 0 Å². The normalized spacial score (nSPS) is 19.3. The van der Waals surface area contributed by atoms with Gasteiger partial charge in [-0.25, -0.2) is 9.59 Å². The third kappa shape index (κ3) is 3.75. The Hall–Kier alpha value is -1.56. The van der Waals surface area contributed by atoms with Crippen LogP contribution < -0.4 is 5.32 Å². The Morgan fingerprint density at radius 3 is 2.86 bits per heavy atom. The molecule has 2 heterocycles. The summed E-state index contributed by atoms with van der Waals surface area (Å²) in [4.78, 5) is 26.2. The Morgan fingerprint density at radius 1 is 1.48 bits per heavy atom. The molecule has 0 bridgehead atoms. The van der Waals surface area contributed by atoms with E-state index in [1.807, 2.05) is 11.4 Å². The van der Waals surface area contributed by atoms with E-state index in [0.717, 1.165) is 12.8 Å². The standard InChI is InChI=1S/C15H22N2O3S/c1-15(2,12-7-5-9-21-12)10-16-14(20)17-8-4-3-6-11(17)13(18)19/h5,7,9,11H,3-4,6,8,10H2,1-2H3,(H,16,20)(H,18,19). The van der Waals surface area contributed by atoms with Crippen LogP contribution >= 0.6 is 11.3 Å². The number of likely N-dealkylation sites (tertiary alicyclic amines) is 1. The number of carbonyl (C=O) groups excluding carboxylic acids is 1. The van der Waals surface area contributed by atoms with Gasteiger partial charge in [-0.15, -0.1) is 11.3 Å². The van der Waals surface area contributed by atoms with E-state index >= 15 is 0 Å². The van der Waals surface area contributed by atoms with Crippen molar-refractivity contribution in [1.82, 2.24) is 10.2 Å². The average Bonchev–Trinajstić information content (AvgIpc) is 3.00. The predicted molar refractivity (Wildman–Crippen MR) is 82.7 cm³/mol. The molecule has 1 atom stereocenters. The summed E-state index contributed by atoms with van der Waals surface area (Å²) in [6, 6.07) is 3.09. The third-order valence-corrected chi connectivity index (χ3v) is 5.15. The highest BCUT2D eigenvalue weighted by Crippen LogP contribution is 2.27. The number of urea groups is 1. The summed E-state index contributed by atoms with van der Waals surface area (Å²) in [5, 5.41) is 14.1. The minimum atomic E-state index is -0.914. The molecule has 0 radical (unpaired) electrons. The maximum Gasteiger partial charge on any atom is 0.326 e. The molecule has 1 aliphatic heterocycles. The van der Waals surface area contributed by atoms with E-state index in [1.54, 1.807) is 11.3 Å². The fraction of sp³-hybridized carbons (Fsp3) is 0.600. The fourth-order valence-corrected chi connectivity index (χ4v) is 3.43. The van der Waals surface area contributed by atoms with Crippen LogP contribution in [0.4, 0.5) is 4.79 Å². The van der Waals surface area contributed by atoms with Crippen LogP contribution in [0.15, 0.2) is 17.5 Å². The fourth-order valence-electron chi connectivity index (χ4n) is 2.58. The second-order valence-electron chi connectivity index (χ2n) is 6.06. The molecule has 2 rings (SSSR count). The molecule has 1 fully saturated rings.